The van der Waals surface area contributed by atoms with Gasteiger partial charge in [-0.15, -0.1) is 11.8 Å². The highest BCUT2D eigenvalue weighted by Gasteiger charge is 2.37. The molecule has 0 spiro atoms. The van der Waals surface area contributed by atoms with Crippen molar-refractivity contribution in [2.45, 2.75) is 39.2 Å². The summed E-state index contributed by atoms with van der Waals surface area (Å²) in [6.07, 6.45) is 4.97. The van der Waals surface area contributed by atoms with E-state index in [0.717, 1.165) is 43.7 Å². The standard InChI is InChI=1S/C14H22N2O2S/c1-3-6-11(2)13(17)16-10-19-9-12(16)14(18)15-7-4-5-8-15/h6,12H,3-5,7-10H2,1-2H3. The summed E-state index contributed by atoms with van der Waals surface area (Å²) in [4.78, 5) is 28.4. The van der Waals surface area contributed by atoms with Crippen LogP contribution in [0.25, 0.3) is 0 Å². The topological polar surface area (TPSA) is 40.6 Å². The molecule has 0 aromatic carbocycles. The highest BCUT2D eigenvalue weighted by Crippen LogP contribution is 2.25. The highest BCUT2D eigenvalue weighted by molar-refractivity contribution is 7.99. The maximum atomic E-state index is 12.4. The van der Waals surface area contributed by atoms with Crippen LogP contribution in [0.3, 0.4) is 0 Å². The lowest BCUT2D eigenvalue weighted by molar-refractivity contribution is -0.140. The molecule has 0 aromatic heterocycles. The van der Waals surface area contributed by atoms with Crippen LogP contribution >= 0.6 is 11.8 Å². The molecule has 0 radical (unpaired) electrons. The Morgan fingerprint density at radius 1 is 1.32 bits per heavy atom. The molecule has 106 valence electrons. The summed E-state index contributed by atoms with van der Waals surface area (Å²) in [7, 11) is 0. The average Bonchev–Trinajstić information content (AvgIpc) is 3.08. The smallest absolute Gasteiger partial charge is 0.250 e. The molecule has 0 aliphatic carbocycles. The van der Waals surface area contributed by atoms with E-state index in [0.29, 0.717) is 5.88 Å². The van der Waals surface area contributed by atoms with Crippen LogP contribution in [0.15, 0.2) is 11.6 Å². The minimum Gasteiger partial charge on any atom is -0.341 e. The third-order valence-electron chi connectivity index (χ3n) is 3.69. The molecule has 2 heterocycles. The van der Waals surface area contributed by atoms with Crippen LogP contribution in [0.4, 0.5) is 0 Å². The number of hydrogen-bond donors (Lipinski definition) is 0. The van der Waals surface area contributed by atoms with Gasteiger partial charge in [0.15, 0.2) is 0 Å². The highest BCUT2D eigenvalue weighted by atomic mass is 32.2. The first-order chi connectivity index (χ1) is 9.15. The third-order valence-corrected chi connectivity index (χ3v) is 4.71. The molecule has 2 aliphatic rings. The van der Waals surface area contributed by atoms with Crippen LogP contribution in [0.1, 0.15) is 33.1 Å². The molecule has 2 rings (SSSR count). The van der Waals surface area contributed by atoms with Crippen LogP contribution in [0.5, 0.6) is 0 Å². The van der Waals surface area contributed by atoms with E-state index >= 15 is 0 Å². The summed E-state index contributed by atoms with van der Waals surface area (Å²) in [5.41, 5.74) is 0.754. The Balaban J connectivity index is 2.06. The zero-order valence-electron chi connectivity index (χ0n) is 11.7. The van der Waals surface area contributed by atoms with Crippen molar-refractivity contribution in [3.63, 3.8) is 0 Å². The number of carbonyl (C=O) groups excluding carboxylic acids is 2. The second-order valence-electron chi connectivity index (χ2n) is 5.12. The van der Waals surface area contributed by atoms with Crippen molar-refractivity contribution >= 4 is 23.6 Å². The van der Waals surface area contributed by atoms with Gasteiger partial charge >= 0.3 is 0 Å². The first kappa shape index (κ1) is 14.4. The van der Waals surface area contributed by atoms with Gasteiger partial charge in [-0.25, -0.2) is 0 Å². The summed E-state index contributed by atoms with van der Waals surface area (Å²) in [5, 5.41) is 0. The second kappa shape index (κ2) is 6.46. The normalized spacial score (nSPS) is 24.1. The van der Waals surface area contributed by atoms with E-state index < -0.39 is 0 Å². The number of allylic oxidation sites excluding steroid dienone is 1. The van der Waals surface area contributed by atoms with Gasteiger partial charge in [0.25, 0.3) is 5.91 Å². The van der Waals surface area contributed by atoms with Crippen molar-refractivity contribution in [2.24, 2.45) is 0 Å². The van der Waals surface area contributed by atoms with Crippen molar-refractivity contribution < 1.29 is 9.59 Å². The average molecular weight is 282 g/mol. The van der Waals surface area contributed by atoms with Crippen molar-refractivity contribution in [3.05, 3.63) is 11.6 Å². The Bertz CT molecular complexity index is 389. The van der Waals surface area contributed by atoms with E-state index in [1.165, 1.54) is 0 Å². The van der Waals surface area contributed by atoms with E-state index in [1.54, 1.807) is 16.7 Å². The van der Waals surface area contributed by atoms with Crippen LogP contribution < -0.4 is 0 Å². The van der Waals surface area contributed by atoms with Crippen LogP contribution in [-0.4, -0.2) is 52.4 Å². The number of carbonyl (C=O) groups is 2. The van der Waals surface area contributed by atoms with E-state index in [-0.39, 0.29) is 17.9 Å². The molecule has 0 saturated carbocycles. The second-order valence-corrected chi connectivity index (χ2v) is 6.12. The Morgan fingerprint density at radius 3 is 2.63 bits per heavy atom. The fourth-order valence-corrected chi connectivity index (χ4v) is 3.76. The number of thioether (sulfide) groups is 1. The van der Waals surface area contributed by atoms with Crippen molar-refractivity contribution in [1.29, 1.82) is 0 Å². The fraction of sp³-hybridized carbons (Fsp3) is 0.714. The molecule has 19 heavy (non-hydrogen) atoms. The Morgan fingerprint density at radius 2 is 2.00 bits per heavy atom. The van der Waals surface area contributed by atoms with Gasteiger partial charge in [0.2, 0.25) is 5.91 Å². The Hall–Kier alpha value is -0.970. The van der Waals surface area contributed by atoms with Gasteiger partial charge in [-0.05, 0) is 26.2 Å². The molecule has 1 unspecified atom stereocenters. The van der Waals surface area contributed by atoms with Crippen LogP contribution in [0.2, 0.25) is 0 Å². The van der Waals surface area contributed by atoms with E-state index in [9.17, 15) is 9.59 Å². The van der Waals surface area contributed by atoms with Gasteiger partial charge in [0.1, 0.15) is 6.04 Å². The van der Waals surface area contributed by atoms with Crippen LogP contribution in [-0.2, 0) is 9.59 Å². The summed E-state index contributed by atoms with van der Waals surface area (Å²) in [6.45, 7) is 5.56. The lowest BCUT2D eigenvalue weighted by Gasteiger charge is -2.27. The molecule has 4 nitrogen and oxygen atoms in total. The van der Waals surface area contributed by atoms with Gasteiger partial charge in [-0.1, -0.05) is 13.0 Å². The molecule has 2 fully saturated rings. The molecule has 2 saturated heterocycles. The monoisotopic (exact) mass is 282 g/mol. The predicted molar refractivity (Wildman–Crippen MR) is 77.8 cm³/mol. The molecule has 0 N–H and O–H groups in total. The first-order valence-corrected chi connectivity index (χ1v) is 8.15. The van der Waals surface area contributed by atoms with Gasteiger partial charge < -0.3 is 9.80 Å². The van der Waals surface area contributed by atoms with Crippen LogP contribution in [0, 0.1) is 0 Å². The lowest BCUT2D eigenvalue weighted by Crippen LogP contribution is -2.48. The number of hydrogen-bond acceptors (Lipinski definition) is 3. The maximum absolute atomic E-state index is 12.4. The van der Waals surface area contributed by atoms with Gasteiger partial charge in [-0.2, -0.15) is 0 Å². The number of amides is 2. The molecular weight excluding hydrogens is 260 g/mol. The minimum absolute atomic E-state index is 0.0180. The van der Waals surface area contributed by atoms with Gasteiger partial charge in [0.05, 0.1) is 5.88 Å². The summed E-state index contributed by atoms with van der Waals surface area (Å²) < 4.78 is 0. The molecule has 0 aromatic rings. The Kier molecular flexibility index (Phi) is 4.91. The lowest BCUT2D eigenvalue weighted by atomic mass is 10.2. The van der Waals surface area contributed by atoms with Gasteiger partial charge in [0, 0.05) is 24.4 Å². The Labute approximate surface area is 119 Å². The van der Waals surface area contributed by atoms with E-state index in [4.69, 9.17) is 0 Å². The first-order valence-electron chi connectivity index (χ1n) is 6.99. The summed E-state index contributed by atoms with van der Waals surface area (Å²) in [6, 6.07) is -0.254. The third kappa shape index (κ3) is 3.14. The minimum atomic E-state index is -0.254. The van der Waals surface area contributed by atoms with Gasteiger partial charge in [-0.3, -0.25) is 9.59 Å². The molecule has 0 bridgehead atoms. The van der Waals surface area contributed by atoms with E-state index in [2.05, 4.69) is 0 Å². The number of nitrogens with zero attached hydrogens (tertiary/aromatic N) is 2. The zero-order valence-corrected chi connectivity index (χ0v) is 12.5. The number of rotatable bonds is 3. The van der Waals surface area contributed by atoms with Crippen molar-refractivity contribution in [1.82, 2.24) is 9.80 Å². The molecule has 5 heteroatoms. The van der Waals surface area contributed by atoms with Crippen molar-refractivity contribution in [2.75, 3.05) is 24.7 Å². The molecule has 1 atom stereocenters. The fourth-order valence-electron chi connectivity index (χ4n) is 2.62. The van der Waals surface area contributed by atoms with Crippen molar-refractivity contribution in [3.8, 4) is 0 Å². The van der Waals surface area contributed by atoms with E-state index in [1.807, 2.05) is 24.8 Å². The molecular formula is C14H22N2O2S. The molecule has 2 aliphatic heterocycles. The predicted octanol–water partition coefficient (Wildman–Crippen LogP) is 1.87. The molecule has 2 amide bonds. The SMILES string of the molecule is CCC=C(C)C(=O)N1CSCC1C(=O)N1CCCC1. The largest absolute Gasteiger partial charge is 0.341 e. The zero-order chi connectivity index (χ0) is 13.8. The summed E-state index contributed by atoms with van der Waals surface area (Å²) >= 11 is 1.67. The quantitative estimate of drug-likeness (QED) is 0.742. The summed E-state index contributed by atoms with van der Waals surface area (Å²) in [5.74, 6) is 1.53. The number of likely N-dealkylation sites (tertiary alicyclic amines) is 1. The maximum Gasteiger partial charge on any atom is 0.250 e.